The fourth-order valence-corrected chi connectivity index (χ4v) is 4.96. The molecule has 2 aromatic carbocycles. The topological polar surface area (TPSA) is 67.2 Å². The smallest absolute Gasteiger partial charge is 0.277 e. The molecule has 6 nitrogen and oxygen atoms in total. The number of hydrogen-bond acceptors (Lipinski definition) is 5. The van der Waals surface area contributed by atoms with Crippen molar-refractivity contribution in [1.82, 2.24) is 14.9 Å². The molecule has 8 heteroatoms. The zero-order valence-corrected chi connectivity index (χ0v) is 18.7. The van der Waals surface area contributed by atoms with E-state index in [9.17, 15) is 14.0 Å². The van der Waals surface area contributed by atoms with Crippen molar-refractivity contribution in [1.29, 1.82) is 0 Å². The summed E-state index contributed by atoms with van der Waals surface area (Å²) in [4.78, 5) is 32.9. The lowest BCUT2D eigenvalue weighted by Gasteiger charge is -2.33. The van der Waals surface area contributed by atoms with E-state index in [-0.39, 0.29) is 23.2 Å². The second-order valence-electron chi connectivity index (χ2n) is 8.13. The normalized spacial score (nSPS) is 14.5. The number of carbonyl (C=O) groups is 1. The lowest BCUT2D eigenvalue weighted by atomic mass is 9.96. The molecule has 0 saturated carbocycles. The van der Waals surface area contributed by atoms with Crippen LogP contribution in [0.2, 0.25) is 0 Å². The van der Waals surface area contributed by atoms with Gasteiger partial charge in [-0.25, -0.2) is 13.9 Å². The third-order valence-corrected chi connectivity index (χ3v) is 6.90. The summed E-state index contributed by atoms with van der Waals surface area (Å²) in [6.45, 7) is 1.64. The number of piperidine rings is 1. The quantitative estimate of drug-likeness (QED) is 0.485. The Morgan fingerprint density at radius 1 is 1.06 bits per heavy atom. The number of thiophene rings is 1. The fraction of sp³-hybridized carbons (Fsp3) is 0.240. The standard InChI is InChI=1S/C25H23FN4O2S/c26-19-8-6-17(7-9-19)16-27-23(31)18-10-13-29(14-11-18)25-28-21-12-15-33-22(21)24(32)30(25)20-4-2-1-3-5-20/h1-9,12,15,18H,10-11,13-14,16H2,(H,27,31). The maximum Gasteiger partial charge on any atom is 0.277 e. The number of amides is 1. The molecular weight excluding hydrogens is 439 g/mol. The fourth-order valence-electron chi connectivity index (χ4n) is 4.20. The zero-order valence-electron chi connectivity index (χ0n) is 17.9. The third-order valence-electron chi connectivity index (χ3n) is 6.01. The van der Waals surface area contributed by atoms with Gasteiger partial charge in [0.05, 0.1) is 11.2 Å². The van der Waals surface area contributed by atoms with E-state index in [0.717, 1.165) is 11.3 Å². The molecule has 3 heterocycles. The minimum Gasteiger partial charge on any atom is -0.352 e. The van der Waals surface area contributed by atoms with Gasteiger partial charge in [0.15, 0.2) is 0 Å². The summed E-state index contributed by atoms with van der Waals surface area (Å²) in [5, 5.41) is 4.85. The number of hydrogen-bond donors (Lipinski definition) is 1. The molecule has 0 radical (unpaired) electrons. The van der Waals surface area contributed by atoms with E-state index in [1.54, 1.807) is 16.7 Å². The molecule has 0 spiro atoms. The Morgan fingerprint density at radius 2 is 1.79 bits per heavy atom. The van der Waals surface area contributed by atoms with E-state index < -0.39 is 0 Å². The molecule has 0 atom stereocenters. The van der Waals surface area contributed by atoms with Crippen LogP contribution in [-0.4, -0.2) is 28.5 Å². The van der Waals surface area contributed by atoms with Crippen molar-refractivity contribution in [2.24, 2.45) is 5.92 Å². The van der Waals surface area contributed by atoms with Crippen LogP contribution in [-0.2, 0) is 11.3 Å². The van der Waals surface area contributed by atoms with Gasteiger partial charge >= 0.3 is 0 Å². The zero-order chi connectivity index (χ0) is 22.8. The molecule has 168 valence electrons. The molecular formula is C25H23FN4O2S. The lowest BCUT2D eigenvalue weighted by Crippen LogP contribution is -2.42. The molecule has 1 aliphatic heterocycles. The molecule has 1 amide bonds. The number of aromatic nitrogens is 2. The molecule has 0 bridgehead atoms. The van der Waals surface area contributed by atoms with E-state index in [2.05, 4.69) is 10.2 Å². The number of anilines is 1. The molecule has 4 aromatic rings. The lowest BCUT2D eigenvalue weighted by molar-refractivity contribution is -0.125. The minimum absolute atomic E-state index is 0.000621. The maximum absolute atomic E-state index is 13.3. The number of para-hydroxylation sites is 1. The van der Waals surface area contributed by atoms with Gasteiger partial charge in [-0.3, -0.25) is 9.59 Å². The largest absolute Gasteiger partial charge is 0.352 e. The summed E-state index contributed by atoms with van der Waals surface area (Å²) in [5.41, 5.74) is 2.27. The maximum atomic E-state index is 13.3. The van der Waals surface area contributed by atoms with E-state index in [4.69, 9.17) is 4.98 Å². The van der Waals surface area contributed by atoms with Crippen LogP contribution < -0.4 is 15.8 Å². The van der Waals surface area contributed by atoms with Gasteiger partial charge in [0.25, 0.3) is 5.56 Å². The highest BCUT2D eigenvalue weighted by atomic mass is 32.1. The van der Waals surface area contributed by atoms with E-state index >= 15 is 0 Å². The SMILES string of the molecule is O=C(NCc1ccc(F)cc1)C1CCN(c2nc3ccsc3c(=O)n2-c2ccccc2)CC1. The third kappa shape index (κ3) is 4.39. The first kappa shape index (κ1) is 21.3. The second-order valence-corrected chi connectivity index (χ2v) is 9.04. The number of benzene rings is 2. The summed E-state index contributed by atoms with van der Waals surface area (Å²) >= 11 is 1.40. The molecule has 2 aromatic heterocycles. The first-order valence-electron chi connectivity index (χ1n) is 10.9. The highest BCUT2D eigenvalue weighted by Gasteiger charge is 2.28. The minimum atomic E-state index is -0.291. The van der Waals surface area contributed by atoms with Crippen molar-refractivity contribution < 1.29 is 9.18 Å². The Labute approximate surface area is 194 Å². The Kier molecular flexibility index (Phi) is 5.92. The van der Waals surface area contributed by atoms with Crippen molar-refractivity contribution in [3.8, 4) is 5.69 Å². The van der Waals surface area contributed by atoms with Crippen molar-refractivity contribution in [2.75, 3.05) is 18.0 Å². The Hall–Kier alpha value is -3.52. The predicted octanol–water partition coefficient (Wildman–Crippen LogP) is 4.12. The molecule has 33 heavy (non-hydrogen) atoms. The van der Waals surface area contributed by atoms with Gasteiger partial charge in [-0.15, -0.1) is 11.3 Å². The number of nitrogens with one attached hydrogen (secondary N) is 1. The number of rotatable bonds is 5. The van der Waals surface area contributed by atoms with Gasteiger partial charge in [-0.05, 0) is 54.1 Å². The van der Waals surface area contributed by atoms with Gasteiger partial charge in [0.2, 0.25) is 11.9 Å². The molecule has 5 rings (SSSR count). The number of halogens is 1. The molecule has 0 unspecified atom stereocenters. The molecule has 1 aliphatic rings. The molecule has 1 N–H and O–H groups in total. The number of nitrogens with zero attached hydrogens (tertiary/aromatic N) is 3. The van der Waals surface area contributed by atoms with Gasteiger partial charge in [-0.2, -0.15) is 0 Å². The average molecular weight is 463 g/mol. The summed E-state index contributed by atoms with van der Waals surface area (Å²) in [5.74, 6) is 0.215. The van der Waals surface area contributed by atoms with Crippen LogP contribution in [0.5, 0.6) is 0 Å². The number of carbonyl (C=O) groups excluding carboxylic acids is 1. The van der Waals surface area contributed by atoms with Crippen LogP contribution in [0.1, 0.15) is 18.4 Å². The number of fused-ring (bicyclic) bond motifs is 1. The summed E-state index contributed by atoms with van der Waals surface area (Å²) in [6, 6.07) is 17.5. The van der Waals surface area contributed by atoms with Crippen LogP contribution >= 0.6 is 11.3 Å². The summed E-state index contributed by atoms with van der Waals surface area (Å²) in [7, 11) is 0. The Bertz CT molecular complexity index is 1330. The Morgan fingerprint density at radius 3 is 2.52 bits per heavy atom. The van der Waals surface area contributed by atoms with E-state index in [1.807, 2.05) is 41.8 Å². The summed E-state index contributed by atoms with van der Waals surface area (Å²) in [6.07, 6.45) is 1.34. The monoisotopic (exact) mass is 462 g/mol. The van der Waals surface area contributed by atoms with E-state index in [1.165, 1.54) is 23.5 Å². The van der Waals surface area contributed by atoms with Crippen LogP contribution in [0, 0.1) is 11.7 Å². The second kappa shape index (κ2) is 9.15. The first-order valence-corrected chi connectivity index (χ1v) is 11.8. The van der Waals surface area contributed by atoms with Crippen LogP contribution in [0.15, 0.2) is 70.8 Å². The highest BCUT2D eigenvalue weighted by molar-refractivity contribution is 7.17. The van der Waals surface area contributed by atoms with Gasteiger partial charge in [-0.1, -0.05) is 30.3 Å². The van der Waals surface area contributed by atoms with Gasteiger partial charge in [0, 0.05) is 25.6 Å². The molecule has 0 aliphatic carbocycles. The van der Waals surface area contributed by atoms with Crippen LogP contribution in [0.4, 0.5) is 10.3 Å². The Balaban J connectivity index is 1.32. The van der Waals surface area contributed by atoms with Crippen molar-refractivity contribution >= 4 is 33.4 Å². The summed E-state index contributed by atoms with van der Waals surface area (Å²) < 4.78 is 15.4. The molecule has 1 fully saturated rings. The van der Waals surface area contributed by atoms with Crippen molar-refractivity contribution in [2.45, 2.75) is 19.4 Å². The van der Waals surface area contributed by atoms with Gasteiger partial charge < -0.3 is 10.2 Å². The van der Waals surface area contributed by atoms with Crippen LogP contribution in [0.25, 0.3) is 15.9 Å². The molecule has 1 saturated heterocycles. The van der Waals surface area contributed by atoms with Crippen LogP contribution in [0.3, 0.4) is 0 Å². The predicted molar refractivity (Wildman–Crippen MR) is 128 cm³/mol. The van der Waals surface area contributed by atoms with E-state index in [0.29, 0.717) is 48.6 Å². The van der Waals surface area contributed by atoms with Crippen molar-refractivity contribution in [3.05, 3.63) is 87.8 Å². The first-order chi connectivity index (χ1) is 16.1. The van der Waals surface area contributed by atoms with Crippen molar-refractivity contribution in [3.63, 3.8) is 0 Å². The highest BCUT2D eigenvalue weighted by Crippen LogP contribution is 2.26. The average Bonchev–Trinajstić information content (AvgIpc) is 3.33. The van der Waals surface area contributed by atoms with Gasteiger partial charge in [0.1, 0.15) is 10.5 Å².